The van der Waals surface area contributed by atoms with Crippen molar-refractivity contribution in [2.45, 2.75) is 19.0 Å². The number of hydrogen-bond donors (Lipinski definition) is 1. The van der Waals surface area contributed by atoms with Crippen molar-refractivity contribution in [1.82, 2.24) is 5.32 Å². The highest BCUT2D eigenvalue weighted by atomic mass is 19.4. The first kappa shape index (κ1) is 19.1. The van der Waals surface area contributed by atoms with Crippen molar-refractivity contribution >= 4 is 5.91 Å². The number of halogens is 3. The Morgan fingerprint density at radius 2 is 1.81 bits per heavy atom. The van der Waals surface area contributed by atoms with Crippen LogP contribution in [-0.2, 0) is 17.4 Å². The Balaban J connectivity index is 1.80. The van der Waals surface area contributed by atoms with E-state index >= 15 is 0 Å². The molecule has 0 heterocycles. The molecule has 0 atom stereocenters. The van der Waals surface area contributed by atoms with Gasteiger partial charge in [0.2, 0.25) is 5.91 Å². The Morgan fingerprint density at radius 1 is 1.08 bits per heavy atom. The summed E-state index contributed by atoms with van der Waals surface area (Å²) in [5.74, 6) is 5.04. The minimum Gasteiger partial charge on any atom is -0.345 e. The molecule has 0 aromatic heterocycles. The van der Waals surface area contributed by atoms with Crippen molar-refractivity contribution in [3.8, 4) is 17.9 Å². The minimum absolute atomic E-state index is 0.0580. The van der Waals surface area contributed by atoms with Crippen molar-refractivity contribution in [1.29, 1.82) is 5.26 Å². The summed E-state index contributed by atoms with van der Waals surface area (Å²) in [4.78, 5) is 11.8. The second-order valence-corrected chi connectivity index (χ2v) is 5.47. The highest BCUT2D eigenvalue weighted by molar-refractivity contribution is 5.76. The number of benzene rings is 2. The quantitative estimate of drug-likeness (QED) is 0.850. The third-order valence-corrected chi connectivity index (χ3v) is 3.52. The van der Waals surface area contributed by atoms with E-state index in [-0.39, 0.29) is 24.4 Å². The van der Waals surface area contributed by atoms with E-state index in [1.165, 1.54) is 12.1 Å². The van der Waals surface area contributed by atoms with E-state index in [9.17, 15) is 18.0 Å². The molecule has 1 N–H and O–H groups in total. The fourth-order valence-corrected chi connectivity index (χ4v) is 2.15. The highest BCUT2D eigenvalue weighted by Gasteiger charge is 2.30. The van der Waals surface area contributed by atoms with Crippen LogP contribution in [0.25, 0.3) is 0 Å². The number of hydrogen-bond acceptors (Lipinski definition) is 2. The fourth-order valence-electron chi connectivity index (χ4n) is 2.15. The number of amides is 1. The lowest BCUT2D eigenvalue weighted by molar-refractivity contribution is -0.137. The van der Waals surface area contributed by atoms with E-state index in [0.717, 1.165) is 17.7 Å². The summed E-state index contributed by atoms with van der Waals surface area (Å²) < 4.78 is 37.8. The number of carbonyl (C=O) groups is 1. The van der Waals surface area contributed by atoms with E-state index in [1.807, 2.05) is 6.07 Å². The molecule has 6 heteroatoms. The van der Waals surface area contributed by atoms with E-state index in [1.54, 1.807) is 24.3 Å². The predicted molar refractivity (Wildman–Crippen MR) is 90.8 cm³/mol. The summed E-state index contributed by atoms with van der Waals surface area (Å²) in [5.41, 5.74) is 0.986. The van der Waals surface area contributed by atoms with Crippen LogP contribution in [0, 0.1) is 23.2 Å². The molecule has 0 saturated heterocycles. The molecule has 2 aromatic rings. The normalized spacial score (nSPS) is 10.4. The maximum absolute atomic E-state index is 12.6. The summed E-state index contributed by atoms with van der Waals surface area (Å²) in [6.45, 7) is 0.0580. The summed E-state index contributed by atoms with van der Waals surface area (Å²) in [5, 5.41) is 11.3. The predicted octanol–water partition coefficient (Wildman–Crippen LogP) is 3.68. The first-order chi connectivity index (χ1) is 12.4. The number of nitrogens with one attached hydrogen (secondary N) is 1. The monoisotopic (exact) mass is 356 g/mol. The Bertz CT molecular complexity index is 869. The number of aryl methyl sites for hydroxylation is 1. The van der Waals surface area contributed by atoms with Gasteiger partial charge in [0.25, 0.3) is 0 Å². The first-order valence-electron chi connectivity index (χ1n) is 7.80. The van der Waals surface area contributed by atoms with Crippen LogP contribution >= 0.6 is 0 Å². The second-order valence-electron chi connectivity index (χ2n) is 5.47. The summed E-state index contributed by atoms with van der Waals surface area (Å²) in [6.07, 6.45) is -3.62. The van der Waals surface area contributed by atoms with Gasteiger partial charge in [-0.05, 0) is 42.3 Å². The summed E-state index contributed by atoms with van der Waals surface area (Å²) in [7, 11) is 0. The van der Waals surface area contributed by atoms with Crippen LogP contribution in [0.5, 0.6) is 0 Å². The second kappa shape index (κ2) is 8.73. The number of nitriles is 1. The van der Waals surface area contributed by atoms with E-state index in [0.29, 0.717) is 12.0 Å². The van der Waals surface area contributed by atoms with Gasteiger partial charge in [-0.15, -0.1) is 0 Å². The number of carbonyl (C=O) groups excluding carboxylic acids is 1. The standard InChI is InChI=1S/C20H15F3N2O/c21-20(22,23)18-5-1-3-16(13-18)4-2-12-25-19(26)11-10-15-6-8-17(14-24)9-7-15/h1,3,5-9,13H,10-12H2,(H,25,26). The van der Waals surface area contributed by atoms with Crippen molar-refractivity contribution in [2.24, 2.45) is 0 Å². The average molecular weight is 356 g/mol. The fraction of sp³-hybridized carbons (Fsp3) is 0.200. The highest BCUT2D eigenvalue weighted by Crippen LogP contribution is 2.29. The Kier molecular flexibility index (Phi) is 6.41. The topological polar surface area (TPSA) is 52.9 Å². The minimum atomic E-state index is -4.41. The van der Waals surface area contributed by atoms with Crippen LogP contribution in [0.15, 0.2) is 48.5 Å². The smallest absolute Gasteiger partial charge is 0.345 e. The van der Waals surface area contributed by atoms with Crippen molar-refractivity contribution in [2.75, 3.05) is 6.54 Å². The molecule has 2 rings (SSSR count). The van der Waals surface area contributed by atoms with Gasteiger partial charge in [0.15, 0.2) is 0 Å². The van der Waals surface area contributed by atoms with Crippen LogP contribution in [-0.4, -0.2) is 12.5 Å². The third-order valence-electron chi connectivity index (χ3n) is 3.52. The zero-order chi connectivity index (χ0) is 19.0. The van der Waals surface area contributed by atoms with Gasteiger partial charge >= 0.3 is 6.18 Å². The molecule has 26 heavy (non-hydrogen) atoms. The van der Waals surface area contributed by atoms with Gasteiger partial charge in [-0.3, -0.25) is 4.79 Å². The maximum atomic E-state index is 12.6. The molecule has 132 valence electrons. The number of nitrogens with zero attached hydrogens (tertiary/aromatic N) is 1. The lowest BCUT2D eigenvalue weighted by Gasteiger charge is -2.05. The largest absolute Gasteiger partial charge is 0.416 e. The van der Waals surface area contributed by atoms with Crippen LogP contribution in [0.3, 0.4) is 0 Å². The summed E-state index contributed by atoms with van der Waals surface area (Å²) in [6, 6.07) is 13.7. The summed E-state index contributed by atoms with van der Waals surface area (Å²) >= 11 is 0. The van der Waals surface area contributed by atoms with Gasteiger partial charge in [-0.25, -0.2) is 0 Å². The molecule has 2 aromatic carbocycles. The first-order valence-corrected chi connectivity index (χ1v) is 7.80. The molecule has 1 amide bonds. The van der Waals surface area contributed by atoms with Gasteiger partial charge < -0.3 is 5.32 Å². The third kappa shape index (κ3) is 5.99. The van der Waals surface area contributed by atoms with Gasteiger partial charge in [0.05, 0.1) is 23.7 Å². The molecule has 0 bridgehead atoms. The molecule has 0 saturated carbocycles. The molecule has 3 nitrogen and oxygen atoms in total. The average Bonchev–Trinajstić information content (AvgIpc) is 2.63. The Hall–Kier alpha value is -3.25. The molecule has 0 unspecified atom stereocenters. The Morgan fingerprint density at radius 3 is 2.46 bits per heavy atom. The van der Waals surface area contributed by atoms with Crippen molar-refractivity contribution < 1.29 is 18.0 Å². The van der Waals surface area contributed by atoms with E-state index < -0.39 is 11.7 Å². The molecular weight excluding hydrogens is 341 g/mol. The lowest BCUT2D eigenvalue weighted by atomic mass is 10.1. The number of rotatable bonds is 4. The number of alkyl halides is 3. The maximum Gasteiger partial charge on any atom is 0.416 e. The molecule has 0 aliphatic heterocycles. The van der Waals surface area contributed by atoms with Crippen LogP contribution in [0.1, 0.15) is 28.7 Å². The van der Waals surface area contributed by atoms with Gasteiger partial charge in [-0.2, -0.15) is 18.4 Å². The van der Waals surface area contributed by atoms with Crippen LogP contribution < -0.4 is 5.32 Å². The zero-order valence-corrected chi connectivity index (χ0v) is 13.7. The molecular formula is C20H15F3N2O. The van der Waals surface area contributed by atoms with Gasteiger partial charge in [0, 0.05) is 12.0 Å². The SMILES string of the molecule is N#Cc1ccc(CCC(=O)NCC#Cc2cccc(C(F)(F)F)c2)cc1. The molecule has 0 radical (unpaired) electrons. The van der Waals surface area contributed by atoms with Crippen LogP contribution in [0.4, 0.5) is 13.2 Å². The molecule has 0 spiro atoms. The van der Waals surface area contributed by atoms with Crippen LogP contribution in [0.2, 0.25) is 0 Å². The van der Waals surface area contributed by atoms with Gasteiger partial charge in [0.1, 0.15) is 0 Å². The zero-order valence-electron chi connectivity index (χ0n) is 13.7. The van der Waals surface area contributed by atoms with Crippen molar-refractivity contribution in [3.05, 3.63) is 70.8 Å². The van der Waals surface area contributed by atoms with Gasteiger partial charge in [-0.1, -0.05) is 30.0 Å². The lowest BCUT2D eigenvalue weighted by Crippen LogP contribution is -2.23. The van der Waals surface area contributed by atoms with Crippen molar-refractivity contribution in [3.63, 3.8) is 0 Å². The van der Waals surface area contributed by atoms with E-state index in [2.05, 4.69) is 17.2 Å². The molecule has 0 fully saturated rings. The Labute approximate surface area is 149 Å². The molecule has 0 aliphatic carbocycles. The van der Waals surface area contributed by atoms with E-state index in [4.69, 9.17) is 5.26 Å². The molecule has 0 aliphatic rings.